The van der Waals surface area contributed by atoms with Crippen molar-refractivity contribution in [2.24, 2.45) is 11.7 Å². The monoisotopic (exact) mass is 332 g/mol. The van der Waals surface area contributed by atoms with Gasteiger partial charge in [0.2, 0.25) is 5.91 Å². The van der Waals surface area contributed by atoms with Gasteiger partial charge >= 0.3 is 0 Å². The lowest BCUT2D eigenvalue weighted by Crippen LogP contribution is -2.37. The zero-order valence-electron chi connectivity index (χ0n) is 12.4. The highest BCUT2D eigenvalue weighted by Gasteiger charge is 2.31. The molecule has 1 amide bonds. The van der Waals surface area contributed by atoms with Crippen molar-refractivity contribution < 1.29 is 9.90 Å². The van der Waals surface area contributed by atoms with Gasteiger partial charge in [0.1, 0.15) is 0 Å². The van der Waals surface area contributed by atoms with Crippen molar-refractivity contribution in [2.75, 3.05) is 13.1 Å². The molecule has 1 fully saturated rings. The van der Waals surface area contributed by atoms with Gasteiger partial charge in [-0.1, -0.05) is 13.0 Å². The van der Waals surface area contributed by atoms with E-state index in [-0.39, 0.29) is 30.3 Å². The predicted octanol–water partition coefficient (Wildman–Crippen LogP) is 2.57. The molecule has 0 bridgehead atoms. The van der Waals surface area contributed by atoms with E-state index in [1.807, 2.05) is 29.3 Å². The number of halogens is 1. The van der Waals surface area contributed by atoms with Gasteiger partial charge in [0.05, 0.1) is 6.10 Å². The van der Waals surface area contributed by atoms with Gasteiger partial charge in [-0.25, -0.2) is 0 Å². The third-order valence-electron chi connectivity index (χ3n) is 3.99. The molecule has 0 radical (unpaired) electrons. The Kier molecular flexibility index (Phi) is 7.66. The summed E-state index contributed by atoms with van der Waals surface area (Å²) in [5, 5.41) is 12.2. The summed E-state index contributed by atoms with van der Waals surface area (Å²) in [6.07, 6.45) is 2.72. The van der Waals surface area contributed by atoms with Crippen molar-refractivity contribution in [3.63, 3.8) is 0 Å². The average Bonchev–Trinajstić information content (AvgIpc) is 3.09. The molecule has 120 valence electrons. The van der Waals surface area contributed by atoms with Crippen LogP contribution in [0.15, 0.2) is 17.5 Å². The SMILES string of the molecule is CC(CN)CC(=O)N1CCCC1CC(O)c1cccs1.Cl. The Morgan fingerprint density at radius 3 is 3.00 bits per heavy atom. The van der Waals surface area contributed by atoms with Crippen LogP contribution in [0, 0.1) is 5.92 Å². The third-order valence-corrected chi connectivity index (χ3v) is 4.96. The Morgan fingerprint density at radius 2 is 2.38 bits per heavy atom. The number of rotatable bonds is 6. The molecular weight excluding hydrogens is 308 g/mol. The first-order chi connectivity index (χ1) is 9.61. The van der Waals surface area contributed by atoms with Gasteiger partial charge in [0.15, 0.2) is 0 Å². The predicted molar refractivity (Wildman–Crippen MR) is 88.7 cm³/mol. The first-order valence-electron chi connectivity index (χ1n) is 7.32. The van der Waals surface area contributed by atoms with E-state index >= 15 is 0 Å². The van der Waals surface area contributed by atoms with Crippen LogP contribution in [0.4, 0.5) is 0 Å². The van der Waals surface area contributed by atoms with Crippen LogP contribution in [-0.2, 0) is 4.79 Å². The van der Waals surface area contributed by atoms with Crippen LogP contribution < -0.4 is 5.73 Å². The Balaban J connectivity index is 0.00000220. The lowest BCUT2D eigenvalue weighted by atomic mass is 10.0. The Morgan fingerprint density at radius 1 is 1.62 bits per heavy atom. The van der Waals surface area contributed by atoms with E-state index in [0.717, 1.165) is 24.3 Å². The number of nitrogens with two attached hydrogens (primary N) is 1. The smallest absolute Gasteiger partial charge is 0.223 e. The summed E-state index contributed by atoms with van der Waals surface area (Å²) in [6, 6.07) is 4.07. The summed E-state index contributed by atoms with van der Waals surface area (Å²) in [7, 11) is 0. The molecular formula is C15H25ClN2O2S. The molecule has 1 aliphatic rings. The van der Waals surface area contributed by atoms with Gasteiger partial charge < -0.3 is 15.7 Å². The molecule has 2 rings (SSSR count). The highest BCUT2D eigenvalue weighted by atomic mass is 35.5. The molecule has 0 spiro atoms. The van der Waals surface area contributed by atoms with E-state index in [4.69, 9.17) is 5.73 Å². The van der Waals surface area contributed by atoms with Crippen molar-refractivity contribution in [1.29, 1.82) is 0 Å². The number of likely N-dealkylation sites (tertiary alicyclic amines) is 1. The first-order valence-corrected chi connectivity index (χ1v) is 8.20. The molecule has 6 heteroatoms. The van der Waals surface area contributed by atoms with Crippen molar-refractivity contribution in [1.82, 2.24) is 4.90 Å². The van der Waals surface area contributed by atoms with Gasteiger partial charge in [0.25, 0.3) is 0 Å². The maximum atomic E-state index is 12.3. The quantitative estimate of drug-likeness (QED) is 0.841. The van der Waals surface area contributed by atoms with Crippen molar-refractivity contribution in [3.8, 4) is 0 Å². The van der Waals surface area contributed by atoms with Crippen molar-refractivity contribution >= 4 is 29.7 Å². The Labute approximate surface area is 136 Å². The number of amides is 1. The molecule has 3 atom stereocenters. The largest absolute Gasteiger partial charge is 0.387 e. The molecule has 0 aliphatic carbocycles. The van der Waals surface area contributed by atoms with Gasteiger partial charge in [0, 0.05) is 23.9 Å². The van der Waals surface area contributed by atoms with E-state index in [9.17, 15) is 9.90 Å². The van der Waals surface area contributed by atoms with Crippen LogP contribution in [0.25, 0.3) is 0 Å². The lowest BCUT2D eigenvalue weighted by Gasteiger charge is -2.27. The summed E-state index contributed by atoms with van der Waals surface area (Å²) in [4.78, 5) is 15.2. The topological polar surface area (TPSA) is 66.6 Å². The number of carbonyl (C=O) groups excluding carboxylic acids is 1. The highest BCUT2D eigenvalue weighted by molar-refractivity contribution is 7.10. The summed E-state index contributed by atoms with van der Waals surface area (Å²) in [5.41, 5.74) is 5.59. The van der Waals surface area contributed by atoms with Gasteiger partial charge in [-0.2, -0.15) is 0 Å². The molecule has 1 aromatic rings. The number of hydrogen-bond donors (Lipinski definition) is 2. The van der Waals surface area contributed by atoms with Crippen LogP contribution >= 0.6 is 23.7 Å². The fourth-order valence-corrected chi connectivity index (χ4v) is 3.49. The van der Waals surface area contributed by atoms with Gasteiger partial charge in [-0.05, 0) is 43.2 Å². The zero-order valence-corrected chi connectivity index (χ0v) is 14.0. The molecule has 3 unspecified atom stereocenters. The second-order valence-electron chi connectivity index (χ2n) is 5.70. The molecule has 3 N–H and O–H groups in total. The number of nitrogens with zero attached hydrogens (tertiary/aromatic N) is 1. The molecule has 21 heavy (non-hydrogen) atoms. The third kappa shape index (κ3) is 4.95. The molecule has 4 nitrogen and oxygen atoms in total. The number of hydrogen-bond acceptors (Lipinski definition) is 4. The highest BCUT2D eigenvalue weighted by Crippen LogP contribution is 2.30. The second kappa shape index (κ2) is 8.73. The molecule has 0 saturated carbocycles. The van der Waals surface area contributed by atoms with Crippen LogP contribution in [0.5, 0.6) is 0 Å². The van der Waals surface area contributed by atoms with Crippen molar-refractivity contribution in [3.05, 3.63) is 22.4 Å². The number of carbonyl (C=O) groups is 1. The van der Waals surface area contributed by atoms with E-state index < -0.39 is 6.10 Å². The number of aliphatic hydroxyl groups excluding tert-OH is 1. The van der Waals surface area contributed by atoms with Crippen LogP contribution in [0.1, 0.15) is 43.6 Å². The van der Waals surface area contributed by atoms with Crippen molar-refractivity contribution in [2.45, 2.75) is 44.8 Å². The molecule has 1 aromatic heterocycles. The summed E-state index contributed by atoms with van der Waals surface area (Å²) >= 11 is 1.57. The average molecular weight is 333 g/mol. The summed E-state index contributed by atoms with van der Waals surface area (Å²) in [6.45, 7) is 3.36. The maximum Gasteiger partial charge on any atom is 0.223 e. The van der Waals surface area contributed by atoms with Crippen LogP contribution in [-0.4, -0.2) is 35.0 Å². The fourth-order valence-electron chi connectivity index (χ4n) is 2.76. The van der Waals surface area contributed by atoms with E-state index in [1.165, 1.54) is 0 Å². The Hall–Kier alpha value is -0.620. The molecule has 1 aliphatic heterocycles. The van der Waals surface area contributed by atoms with E-state index in [2.05, 4.69) is 0 Å². The molecule has 1 saturated heterocycles. The van der Waals surface area contributed by atoms with E-state index in [1.54, 1.807) is 11.3 Å². The molecule has 2 heterocycles. The van der Waals surface area contributed by atoms with E-state index in [0.29, 0.717) is 19.4 Å². The van der Waals surface area contributed by atoms with Gasteiger partial charge in [-0.15, -0.1) is 23.7 Å². The number of aliphatic hydroxyl groups is 1. The number of thiophene rings is 1. The minimum absolute atomic E-state index is 0. The van der Waals surface area contributed by atoms with Crippen LogP contribution in [0.3, 0.4) is 0 Å². The minimum atomic E-state index is -0.458. The van der Waals surface area contributed by atoms with Gasteiger partial charge in [-0.3, -0.25) is 4.79 Å². The second-order valence-corrected chi connectivity index (χ2v) is 6.67. The Bertz CT molecular complexity index is 427. The maximum absolute atomic E-state index is 12.3. The zero-order chi connectivity index (χ0) is 14.5. The van der Waals surface area contributed by atoms with Crippen LogP contribution in [0.2, 0.25) is 0 Å². The fraction of sp³-hybridized carbons (Fsp3) is 0.667. The minimum Gasteiger partial charge on any atom is -0.387 e. The molecule has 0 aromatic carbocycles. The summed E-state index contributed by atoms with van der Waals surface area (Å²) < 4.78 is 0. The first kappa shape index (κ1) is 18.4. The summed E-state index contributed by atoms with van der Waals surface area (Å²) in [5.74, 6) is 0.412. The lowest BCUT2D eigenvalue weighted by molar-refractivity contribution is -0.133. The standard InChI is InChI=1S/C15H24N2O2S.ClH/c1-11(10-16)8-15(19)17-6-2-4-12(17)9-13(18)14-5-3-7-20-14;/h3,5,7,11-13,18H,2,4,6,8-10,16H2,1H3;1H. The normalized spacial score (nSPS) is 20.9.